The first-order valence-corrected chi connectivity index (χ1v) is 12.1. The number of amides is 2. The van der Waals surface area contributed by atoms with Gasteiger partial charge in [-0.3, -0.25) is 9.59 Å². The van der Waals surface area contributed by atoms with E-state index in [1.54, 1.807) is 4.90 Å². The van der Waals surface area contributed by atoms with Crippen LogP contribution in [-0.2, 0) is 19.1 Å². The normalized spacial score (nSPS) is 20.0. The fourth-order valence-electron chi connectivity index (χ4n) is 4.96. The molecule has 0 aromatic heterocycles. The largest absolute Gasteiger partial charge is 0.481 e. The van der Waals surface area contributed by atoms with Gasteiger partial charge in [0.05, 0.1) is 18.8 Å². The summed E-state index contributed by atoms with van der Waals surface area (Å²) in [6.45, 7) is 4.78. The first-order chi connectivity index (χ1) is 16.9. The highest BCUT2D eigenvalue weighted by Crippen LogP contribution is 2.44. The summed E-state index contributed by atoms with van der Waals surface area (Å²) in [5.41, 5.74) is 4.43. The highest BCUT2D eigenvalue weighted by Gasteiger charge is 2.35. The van der Waals surface area contributed by atoms with Crippen LogP contribution in [0.4, 0.5) is 4.79 Å². The summed E-state index contributed by atoms with van der Waals surface area (Å²) >= 11 is 0. The number of fused-ring (bicyclic) bond motifs is 3. The second-order valence-corrected chi connectivity index (χ2v) is 9.15. The minimum Gasteiger partial charge on any atom is -0.481 e. The smallest absolute Gasteiger partial charge is 0.407 e. The molecule has 2 N–H and O–H groups in total. The lowest BCUT2D eigenvalue weighted by atomic mass is 9.98. The Morgan fingerprint density at radius 1 is 1.11 bits per heavy atom. The fourth-order valence-corrected chi connectivity index (χ4v) is 4.96. The molecule has 3 unspecified atom stereocenters. The van der Waals surface area contributed by atoms with Crippen LogP contribution in [0.2, 0.25) is 0 Å². The molecule has 1 aliphatic heterocycles. The number of carboxylic acids is 1. The van der Waals surface area contributed by atoms with Crippen molar-refractivity contribution in [3.8, 4) is 11.1 Å². The Hall–Kier alpha value is -3.39. The van der Waals surface area contributed by atoms with Crippen molar-refractivity contribution in [2.75, 3.05) is 19.8 Å². The molecular weight excluding hydrogens is 448 g/mol. The van der Waals surface area contributed by atoms with Gasteiger partial charge in [-0.05, 0) is 42.0 Å². The van der Waals surface area contributed by atoms with Crippen molar-refractivity contribution in [1.29, 1.82) is 0 Å². The Labute approximate surface area is 205 Å². The van der Waals surface area contributed by atoms with E-state index in [0.29, 0.717) is 19.6 Å². The lowest BCUT2D eigenvalue weighted by molar-refractivity contribution is -0.147. The van der Waals surface area contributed by atoms with Gasteiger partial charge < -0.3 is 24.8 Å². The van der Waals surface area contributed by atoms with Crippen molar-refractivity contribution in [2.45, 2.75) is 57.2 Å². The number of hydrogen-bond acceptors (Lipinski definition) is 5. The molecule has 1 fully saturated rings. The number of carboxylic acid groups (broad SMARTS) is 1. The maximum absolute atomic E-state index is 13.4. The molecule has 1 heterocycles. The van der Waals surface area contributed by atoms with E-state index in [1.807, 2.05) is 50.2 Å². The van der Waals surface area contributed by atoms with Gasteiger partial charge >= 0.3 is 12.1 Å². The standard InChI is InChI=1S/C27H32N2O6/c1-3-18-15-34-17(2)14-29(18)26(32)24(12-13-25(30)31)28-27(33)35-16-23-21-10-6-4-8-19(21)20-9-5-7-11-22(20)23/h4-11,17-18,23-24H,3,12-16H2,1-2H3,(H,28,33)(H,30,31). The molecular formula is C27H32N2O6. The summed E-state index contributed by atoms with van der Waals surface area (Å²) in [5, 5.41) is 11.8. The van der Waals surface area contributed by atoms with Crippen LogP contribution < -0.4 is 5.32 Å². The van der Waals surface area contributed by atoms with Gasteiger partial charge in [-0.25, -0.2) is 4.79 Å². The van der Waals surface area contributed by atoms with E-state index in [9.17, 15) is 19.5 Å². The monoisotopic (exact) mass is 480 g/mol. The molecule has 35 heavy (non-hydrogen) atoms. The maximum atomic E-state index is 13.4. The van der Waals surface area contributed by atoms with Crippen LogP contribution >= 0.6 is 0 Å². The molecule has 2 aromatic rings. The van der Waals surface area contributed by atoms with E-state index in [2.05, 4.69) is 17.4 Å². The number of nitrogens with zero attached hydrogens (tertiary/aromatic N) is 1. The fraction of sp³-hybridized carbons (Fsp3) is 0.444. The Kier molecular flexibility index (Phi) is 7.70. The predicted octanol–water partition coefficient (Wildman–Crippen LogP) is 3.78. The zero-order valence-electron chi connectivity index (χ0n) is 20.1. The lowest BCUT2D eigenvalue weighted by Crippen LogP contribution is -2.57. The number of ether oxygens (including phenoxy) is 2. The van der Waals surface area contributed by atoms with Crippen molar-refractivity contribution in [1.82, 2.24) is 10.2 Å². The van der Waals surface area contributed by atoms with E-state index in [-0.39, 0.29) is 43.4 Å². The van der Waals surface area contributed by atoms with Crippen molar-refractivity contribution in [3.63, 3.8) is 0 Å². The molecule has 0 bridgehead atoms. The van der Waals surface area contributed by atoms with Crippen molar-refractivity contribution in [2.24, 2.45) is 0 Å². The first kappa shape index (κ1) is 24.7. The molecule has 8 nitrogen and oxygen atoms in total. The average molecular weight is 481 g/mol. The summed E-state index contributed by atoms with van der Waals surface area (Å²) in [6.07, 6.45) is -0.409. The molecule has 186 valence electrons. The number of alkyl carbamates (subject to hydrolysis) is 1. The number of aliphatic carboxylic acids is 1. The zero-order valence-corrected chi connectivity index (χ0v) is 20.1. The summed E-state index contributed by atoms with van der Waals surface area (Å²) in [5.74, 6) is -1.44. The first-order valence-electron chi connectivity index (χ1n) is 12.1. The van der Waals surface area contributed by atoms with Crippen LogP contribution in [0.1, 0.15) is 50.2 Å². The number of carbonyl (C=O) groups is 3. The van der Waals surface area contributed by atoms with Gasteiger partial charge in [0.2, 0.25) is 5.91 Å². The minimum absolute atomic E-state index is 0.0134. The lowest BCUT2D eigenvalue weighted by Gasteiger charge is -2.40. The molecule has 0 spiro atoms. The van der Waals surface area contributed by atoms with E-state index in [1.165, 1.54) is 0 Å². The van der Waals surface area contributed by atoms with E-state index < -0.39 is 18.1 Å². The number of carbonyl (C=O) groups excluding carboxylic acids is 2. The number of morpholine rings is 1. The molecule has 1 saturated heterocycles. The van der Waals surface area contributed by atoms with Crippen LogP contribution in [0.25, 0.3) is 11.1 Å². The third-order valence-electron chi connectivity index (χ3n) is 6.80. The molecule has 2 aliphatic rings. The zero-order chi connectivity index (χ0) is 24.9. The SMILES string of the molecule is CCC1COC(C)CN1C(=O)C(CCC(=O)O)NC(=O)OCC1c2ccccc2-c2ccccc21. The van der Waals surface area contributed by atoms with E-state index in [0.717, 1.165) is 22.3 Å². The van der Waals surface area contributed by atoms with Gasteiger partial charge in [-0.2, -0.15) is 0 Å². The quantitative estimate of drug-likeness (QED) is 0.596. The second kappa shape index (κ2) is 10.9. The summed E-state index contributed by atoms with van der Waals surface area (Å²) in [4.78, 5) is 39.1. The van der Waals surface area contributed by atoms with E-state index >= 15 is 0 Å². The van der Waals surface area contributed by atoms with E-state index in [4.69, 9.17) is 9.47 Å². The van der Waals surface area contributed by atoms with Crippen LogP contribution in [0.3, 0.4) is 0 Å². The molecule has 4 rings (SSSR count). The van der Waals surface area contributed by atoms with Crippen molar-refractivity contribution in [3.05, 3.63) is 59.7 Å². The number of rotatable bonds is 8. The summed E-state index contributed by atoms with van der Waals surface area (Å²) in [6, 6.07) is 15.0. The molecule has 0 saturated carbocycles. The van der Waals surface area contributed by atoms with Gasteiger partial charge in [-0.1, -0.05) is 55.5 Å². The summed E-state index contributed by atoms with van der Waals surface area (Å²) < 4.78 is 11.3. The highest BCUT2D eigenvalue weighted by molar-refractivity contribution is 5.86. The topological polar surface area (TPSA) is 105 Å². The minimum atomic E-state index is -1.03. The molecule has 3 atom stereocenters. The third-order valence-corrected chi connectivity index (χ3v) is 6.80. The predicted molar refractivity (Wildman–Crippen MR) is 130 cm³/mol. The molecule has 1 aliphatic carbocycles. The molecule has 8 heteroatoms. The Morgan fingerprint density at radius 3 is 2.34 bits per heavy atom. The van der Waals surface area contributed by atoms with Gasteiger partial charge in [0.1, 0.15) is 12.6 Å². The van der Waals surface area contributed by atoms with Gasteiger partial charge in [-0.15, -0.1) is 0 Å². The number of nitrogens with one attached hydrogen (secondary N) is 1. The van der Waals surface area contributed by atoms with Gasteiger partial charge in [0, 0.05) is 18.9 Å². The van der Waals surface area contributed by atoms with Crippen molar-refractivity contribution < 1.29 is 29.0 Å². The van der Waals surface area contributed by atoms with Crippen molar-refractivity contribution >= 4 is 18.0 Å². The molecule has 2 aromatic carbocycles. The Bertz CT molecular complexity index is 1040. The average Bonchev–Trinajstić information content (AvgIpc) is 3.18. The van der Waals surface area contributed by atoms with Gasteiger partial charge in [0.15, 0.2) is 0 Å². The Morgan fingerprint density at radius 2 is 1.74 bits per heavy atom. The second-order valence-electron chi connectivity index (χ2n) is 9.15. The van der Waals surface area contributed by atoms with Crippen LogP contribution in [0.5, 0.6) is 0 Å². The summed E-state index contributed by atoms with van der Waals surface area (Å²) in [7, 11) is 0. The highest BCUT2D eigenvalue weighted by atomic mass is 16.5. The van der Waals surface area contributed by atoms with Crippen LogP contribution in [0.15, 0.2) is 48.5 Å². The third kappa shape index (κ3) is 5.48. The Balaban J connectivity index is 1.45. The van der Waals surface area contributed by atoms with Crippen LogP contribution in [0, 0.1) is 0 Å². The van der Waals surface area contributed by atoms with Crippen LogP contribution in [-0.4, -0.2) is 65.9 Å². The van der Waals surface area contributed by atoms with Gasteiger partial charge in [0.25, 0.3) is 0 Å². The number of hydrogen-bond donors (Lipinski definition) is 2. The number of benzene rings is 2. The molecule has 2 amide bonds. The molecule has 0 radical (unpaired) electrons. The maximum Gasteiger partial charge on any atom is 0.407 e.